The molecule has 90 valence electrons. The lowest BCUT2D eigenvalue weighted by Crippen LogP contribution is -2.37. The van der Waals surface area contributed by atoms with Gasteiger partial charge in [0.05, 0.1) is 0 Å². The fourth-order valence-electron chi connectivity index (χ4n) is 1.45. The Morgan fingerprint density at radius 1 is 1.31 bits per heavy atom. The topological polar surface area (TPSA) is 38.7 Å². The zero-order chi connectivity index (χ0) is 11.8. The van der Waals surface area contributed by atoms with Crippen LogP contribution < -0.4 is 5.19 Å². The second-order valence-electron chi connectivity index (χ2n) is 3.71. The van der Waals surface area contributed by atoms with Gasteiger partial charge in [0.15, 0.2) is 0 Å². The first kappa shape index (κ1) is 13.4. The second kappa shape index (κ2) is 7.57. The smallest absolute Gasteiger partial charge is 0.355 e. The first-order valence-electron chi connectivity index (χ1n) is 5.69. The van der Waals surface area contributed by atoms with E-state index in [0.717, 1.165) is 24.4 Å². The van der Waals surface area contributed by atoms with Gasteiger partial charge in [-0.25, -0.2) is 0 Å². The van der Waals surface area contributed by atoms with Crippen LogP contribution in [0.3, 0.4) is 0 Å². The van der Waals surface area contributed by atoms with E-state index < -0.39 is 9.28 Å². The van der Waals surface area contributed by atoms with Crippen molar-refractivity contribution in [3.8, 4) is 0 Å². The van der Waals surface area contributed by atoms with Gasteiger partial charge in [-0.1, -0.05) is 43.7 Å². The third-order valence-electron chi connectivity index (χ3n) is 2.42. The van der Waals surface area contributed by atoms with Crippen molar-refractivity contribution in [1.29, 1.82) is 0 Å². The molecule has 0 aliphatic carbocycles. The standard InChI is InChI=1S/C12H20O3Si/c1-3-4-10-12(14-2)15-16(13)11-8-6-5-7-9-11/h5-9,12-13,16H,3-4,10H2,1-2H3. The lowest BCUT2D eigenvalue weighted by molar-refractivity contribution is -0.0688. The van der Waals surface area contributed by atoms with E-state index in [1.54, 1.807) is 7.11 Å². The summed E-state index contributed by atoms with van der Waals surface area (Å²) in [5, 5.41) is 0.890. The Bertz CT molecular complexity index is 279. The van der Waals surface area contributed by atoms with Gasteiger partial charge in [-0.3, -0.25) is 0 Å². The van der Waals surface area contributed by atoms with Gasteiger partial charge < -0.3 is 14.0 Å². The number of hydrogen-bond donors (Lipinski definition) is 1. The summed E-state index contributed by atoms with van der Waals surface area (Å²) in [7, 11) is -0.686. The van der Waals surface area contributed by atoms with E-state index in [4.69, 9.17) is 9.16 Å². The van der Waals surface area contributed by atoms with Crippen LogP contribution in [0.5, 0.6) is 0 Å². The van der Waals surface area contributed by atoms with Crippen LogP contribution in [-0.2, 0) is 9.16 Å². The number of rotatable bonds is 7. The molecule has 0 radical (unpaired) electrons. The highest BCUT2D eigenvalue weighted by molar-refractivity contribution is 6.59. The van der Waals surface area contributed by atoms with Gasteiger partial charge in [-0.05, 0) is 18.0 Å². The fourth-order valence-corrected chi connectivity index (χ4v) is 2.70. The van der Waals surface area contributed by atoms with Gasteiger partial charge in [0.25, 0.3) is 0 Å². The number of methoxy groups -OCH3 is 1. The van der Waals surface area contributed by atoms with Crippen molar-refractivity contribution in [3.63, 3.8) is 0 Å². The molecule has 0 fully saturated rings. The molecule has 1 aromatic carbocycles. The maximum absolute atomic E-state index is 9.96. The van der Waals surface area contributed by atoms with E-state index in [0.29, 0.717) is 0 Å². The van der Waals surface area contributed by atoms with Crippen LogP contribution in [0.15, 0.2) is 30.3 Å². The monoisotopic (exact) mass is 240 g/mol. The average Bonchev–Trinajstić information content (AvgIpc) is 2.35. The molecule has 0 aromatic heterocycles. The van der Waals surface area contributed by atoms with Crippen molar-refractivity contribution in [2.24, 2.45) is 0 Å². The third kappa shape index (κ3) is 4.45. The maximum Gasteiger partial charge on any atom is 0.355 e. The van der Waals surface area contributed by atoms with Crippen molar-refractivity contribution in [3.05, 3.63) is 30.3 Å². The second-order valence-corrected chi connectivity index (χ2v) is 5.35. The van der Waals surface area contributed by atoms with Crippen molar-refractivity contribution in [2.75, 3.05) is 7.11 Å². The molecule has 0 aliphatic heterocycles. The van der Waals surface area contributed by atoms with E-state index in [1.807, 2.05) is 30.3 Å². The summed E-state index contributed by atoms with van der Waals surface area (Å²) in [5.41, 5.74) is 0. The number of hydrogen-bond acceptors (Lipinski definition) is 3. The molecule has 1 aromatic rings. The predicted octanol–water partition coefficient (Wildman–Crippen LogP) is 1.29. The molecule has 1 N–H and O–H groups in total. The molecule has 2 unspecified atom stereocenters. The van der Waals surface area contributed by atoms with Gasteiger partial charge in [0.1, 0.15) is 6.29 Å². The van der Waals surface area contributed by atoms with Gasteiger partial charge >= 0.3 is 9.28 Å². The molecule has 0 amide bonds. The number of benzene rings is 1. The Hall–Kier alpha value is -0.683. The van der Waals surface area contributed by atoms with Crippen LogP contribution in [0.2, 0.25) is 0 Å². The molecule has 1 rings (SSSR count). The molecule has 16 heavy (non-hydrogen) atoms. The quantitative estimate of drug-likeness (QED) is 0.576. The highest BCUT2D eigenvalue weighted by Gasteiger charge is 2.17. The molecule has 0 saturated carbocycles. The fraction of sp³-hybridized carbons (Fsp3) is 0.500. The molecule has 0 spiro atoms. The lowest BCUT2D eigenvalue weighted by atomic mass is 10.2. The highest BCUT2D eigenvalue weighted by Crippen LogP contribution is 2.06. The van der Waals surface area contributed by atoms with Crippen molar-refractivity contribution in [2.45, 2.75) is 32.5 Å². The summed E-state index contributed by atoms with van der Waals surface area (Å²) >= 11 is 0. The number of unbranched alkanes of at least 4 members (excludes halogenated alkanes) is 1. The summed E-state index contributed by atoms with van der Waals surface area (Å²) in [6.07, 6.45) is 2.71. The lowest BCUT2D eigenvalue weighted by Gasteiger charge is -2.19. The van der Waals surface area contributed by atoms with Crippen LogP contribution >= 0.6 is 0 Å². The predicted molar refractivity (Wildman–Crippen MR) is 66.9 cm³/mol. The molecule has 0 saturated heterocycles. The largest absolute Gasteiger partial charge is 0.410 e. The Labute approximate surface area is 98.9 Å². The number of ether oxygens (including phenoxy) is 1. The first-order chi connectivity index (χ1) is 7.77. The van der Waals surface area contributed by atoms with Crippen LogP contribution in [0.25, 0.3) is 0 Å². The van der Waals surface area contributed by atoms with E-state index in [1.165, 1.54) is 0 Å². The van der Waals surface area contributed by atoms with Crippen molar-refractivity contribution >= 4 is 14.5 Å². The molecular formula is C12H20O3Si. The Kier molecular flexibility index (Phi) is 6.33. The Morgan fingerprint density at radius 3 is 2.56 bits per heavy atom. The Balaban J connectivity index is 2.45. The summed E-state index contributed by atoms with van der Waals surface area (Å²) in [6.45, 7) is 2.12. The molecule has 0 bridgehead atoms. The molecule has 0 heterocycles. The highest BCUT2D eigenvalue weighted by atomic mass is 28.3. The molecular weight excluding hydrogens is 220 g/mol. The van der Waals surface area contributed by atoms with Crippen molar-refractivity contribution in [1.82, 2.24) is 0 Å². The SMILES string of the molecule is CCCCC(OC)O[SiH](O)c1ccccc1. The van der Waals surface area contributed by atoms with Gasteiger partial charge in [0.2, 0.25) is 0 Å². The summed E-state index contributed by atoms with van der Waals surface area (Å²) in [4.78, 5) is 9.96. The zero-order valence-corrected chi connectivity index (χ0v) is 11.1. The summed E-state index contributed by atoms with van der Waals surface area (Å²) < 4.78 is 10.8. The molecule has 3 nitrogen and oxygen atoms in total. The summed E-state index contributed by atoms with van der Waals surface area (Å²) in [6, 6.07) is 9.52. The van der Waals surface area contributed by atoms with Crippen molar-refractivity contribution < 1.29 is 14.0 Å². The average molecular weight is 240 g/mol. The van der Waals surface area contributed by atoms with E-state index in [-0.39, 0.29) is 6.29 Å². The van der Waals surface area contributed by atoms with Gasteiger partial charge in [-0.15, -0.1) is 0 Å². The minimum absolute atomic E-state index is 0.276. The van der Waals surface area contributed by atoms with E-state index in [2.05, 4.69) is 6.92 Å². The minimum Gasteiger partial charge on any atom is -0.410 e. The van der Waals surface area contributed by atoms with E-state index >= 15 is 0 Å². The minimum atomic E-state index is -2.30. The van der Waals surface area contributed by atoms with Crippen LogP contribution in [0.1, 0.15) is 26.2 Å². The normalized spacial score (nSPS) is 14.7. The van der Waals surface area contributed by atoms with E-state index in [9.17, 15) is 4.80 Å². The summed E-state index contributed by atoms with van der Waals surface area (Å²) in [5.74, 6) is 0. The van der Waals surface area contributed by atoms with Crippen LogP contribution in [0.4, 0.5) is 0 Å². The zero-order valence-electron chi connectivity index (χ0n) is 9.93. The molecule has 2 atom stereocenters. The first-order valence-corrected chi connectivity index (χ1v) is 7.25. The van der Waals surface area contributed by atoms with Gasteiger partial charge in [0, 0.05) is 7.11 Å². The van der Waals surface area contributed by atoms with Crippen LogP contribution in [0, 0.1) is 0 Å². The van der Waals surface area contributed by atoms with Crippen LogP contribution in [-0.4, -0.2) is 27.5 Å². The third-order valence-corrected chi connectivity index (χ3v) is 3.94. The molecule has 0 aliphatic rings. The molecule has 4 heteroatoms. The maximum atomic E-state index is 9.96. The van der Waals surface area contributed by atoms with Gasteiger partial charge in [-0.2, -0.15) is 0 Å². The Morgan fingerprint density at radius 2 is 2.00 bits per heavy atom.